The van der Waals surface area contributed by atoms with Crippen molar-refractivity contribution in [1.82, 2.24) is 14.9 Å². The van der Waals surface area contributed by atoms with Crippen molar-refractivity contribution in [2.24, 2.45) is 0 Å². The molecule has 1 heterocycles. The van der Waals surface area contributed by atoms with E-state index in [0.29, 0.717) is 24.3 Å². The van der Waals surface area contributed by atoms with Crippen molar-refractivity contribution in [2.75, 3.05) is 6.61 Å². The van der Waals surface area contributed by atoms with Crippen LogP contribution in [-0.2, 0) is 16.1 Å². The molecule has 1 atom stereocenters. The molecule has 22 heavy (non-hydrogen) atoms. The summed E-state index contributed by atoms with van der Waals surface area (Å²) in [7, 11) is 0. The summed E-state index contributed by atoms with van der Waals surface area (Å²) in [5.74, 6) is -0.537. The first-order valence-electron chi connectivity index (χ1n) is 7.31. The molecule has 0 saturated carbocycles. The van der Waals surface area contributed by atoms with Gasteiger partial charge in [0.15, 0.2) is 0 Å². The Morgan fingerprint density at radius 2 is 2.27 bits per heavy atom. The van der Waals surface area contributed by atoms with Gasteiger partial charge in [-0.2, -0.15) is 0 Å². The lowest BCUT2D eigenvalue weighted by atomic mass is 10.2. The van der Waals surface area contributed by atoms with Crippen molar-refractivity contribution < 1.29 is 13.9 Å². The largest absolute Gasteiger partial charge is 0.369 e. The number of halogens is 1. The first-order valence-corrected chi connectivity index (χ1v) is 7.31. The highest BCUT2D eigenvalue weighted by Crippen LogP contribution is 2.15. The van der Waals surface area contributed by atoms with Gasteiger partial charge in [0.05, 0.1) is 12.0 Å². The van der Waals surface area contributed by atoms with Crippen LogP contribution in [-0.4, -0.2) is 28.2 Å². The summed E-state index contributed by atoms with van der Waals surface area (Å²) >= 11 is 0. The second-order valence-corrected chi connectivity index (χ2v) is 4.83. The second-order valence-electron chi connectivity index (χ2n) is 4.83. The van der Waals surface area contributed by atoms with E-state index < -0.39 is 6.10 Å². The van der Waals surface area contributed by atoms with Gasteiger partial charge in [0.25, 0.3) is 0 Å². The zero-order valence-corrected chi connectivity index (χ0v) is 12.8. The SMILES string of the molecule is CCOC(CC)C(=O)NCc1ccc(-n2ccnc2)c(F)c1. The van der Waals surface area contributed by atoms with E-state index in [1.54, 1.807) is 29.1 Å². The number of hydrogen-bond acceptors (Lipinski definition) is 3. The van der Waals surface area contributed by atoms with E-state index in [1.807, 2.05) is 13.8 Å². The molecule has 0 fully saturated rings. The molecule has 2 rings (SSSR count). The molecule has 0 bridgehead atoms. The number of aromatic nitrogens is 2. The van der Waals surface area contributed by atoms with E-state index in [4.69, 9.17) is 4.74 Å². The molecule has 0 saturated heterocycles. The highest BCUT2D eigenvalue weighted by atomic mass is 19.1. The van der Waals surface area contributed by atoms with E-state index in [2.05, 4.69) is 10.3 Å². The van der Waals surface area contributed by atoms with Crippen molar-refractivity contribution in [2.45, 2.75) is 32.9 Å². The van der Waals surface area contributed by atoms with Crippen LogP contribution in [0.25, 0.3) is 5.69 Å². The Kier molecular flexibility index (Phi) is 5.66. The third-order valence-electron chi connectivity index (χ3n) is 3.29. The third-order valence-corrected chi connectivity index (χ3v) is 3.29. The maximum atomic E-state index is 14.1. The average molecular weight is 305 g/mol. The highest BCUT2D eigenvalue weighted by Gasteiger charge is 2.16. The number of rotatable bonds is 7. The van der Waals surface area contributed by atoms with Gasteiger partial charge < -0.3 is 14.6 Å². The summed E-state index contributed by atoms with van der Waals surface area (Å²) in [6.07, 6.45) is 4.95. The van der Waals surface area contributed by atoms with Crippen LogP contribution >= 0.6 is 0 Å². The van der Waals surface area contributed by atoms with Crippen molar-refractivity contribution in [3.8, 4) is 5.69 Å². The Balaban J connectivity index is 1.99. The maximum Gasteiger partial charge on any atom is 0.249 e. The average Bonchev–Trinajstić information content (AvgIpc) is 3.04. The molecule has 1 N–H and O–H groups in total. The van der Waals surface area contributed by atoms with Crippen LogP contribution in [0.1, 0.15) is 25.8 Å². The fourth-order valence-electron chi connectivity index (χ4n) is 2.15. The summed E-state index contributed by atoms with van der Waals surface area (Å²) in [5.41, 5.74) is 1.12. The second kappa shape index (κ2) is 7.70. The smallest absolute Gasteiger partial charge is 0.249 e. The quantitative estimate of drug-likeness (QED) is 0.855. The van der Waals surface area contributed by atoms with Crippen LogP contribution in [0.2, 0.25) is 0 Å². The molecular weight excluding hydrogens is 285 g/mol. The number of ether oxygens (including phenoxy) is 1. The van der Waals surface area contributed by atoms with Gasteiger partial charge in [0.1, 0.15) is 11.9 Å². The highest BCUT2D eigenvalue weighted by molar-refractivity contribution is 5.80. The Labute approximate surface area is 129 Å². The van der Waals surface area contributed by atoms with Crippen LogP contribution in [0.3, 0.4) is 0 Å². The number of imidazole rings is 1. The summed E-state index contributed by atoms with van der Waals surface area (Å²) in [4.78, 5) is 15.8. The Morgan fingerprint density at radius 1 is 1.45 bits per heavy atom. The maximum absolute atomic E-state index is 14.1. The number of hydrogen-bond donors (Lipinski definition) is 1. The van der Waals surface area contributed by atoms with Gasteiger partial charge in [-0.1, -0.05) is 13.0 Å². The molecular formula is C16H20FN3O2. The Bertz CT molecular complexity index is 614. The molecule has 0 radical (unpaired) electrons. The standard InChI is InChI=1S/C16H20FN3O2/c1-3-15(22-4-2)16(21)19-10-12-5-6-14(13(17)9-12)20-8-7-18-11-20/h5-9,11,15H,3-4,10H2,1-2H3,(H,19,21). The normalized spacial score (nSPS) is 12.1. The molecule has 1 amide bonds. The van der Waals surface area contributed by atoms with E-state index in [1.165, 1.54) is 12.4 Å². The van der Waals surface area contributed by atoms with E-state index >= 15 is 0 Å². The van der Waals surface area contributed by atoms with Gasteiger partial charge in [0, 0.05) is 25.5 Å². The topological polar surface area (TPSA) is 56.1 Å². The molecule has 5 nitrogen and oxygen atoms in total. The molecule has 2 aromatic rings. The van der Waals surface area contributed by atoms with Crippen LogP contribution < -0.4 is 5.32 Å². The molecule has 0 spiro atoms. The lowest BCUT2D eigenvalue weighted by Gasteiger charge is -2.15. The number of carbonyl (C=O) groups is 1. The lowest BCUT2D eigenvalue weighted by Crippen LogP contribution is -2.35. The molecule has 0 aliphatic heterocycles. The number of benzene rings is 1. The van der Waals surface area contributed by atoms with Gasteiger partial charge in [0.2, 0.25) is 5.91 Å². The number of carbonyl (C=O) groups excluding carboxylic acids is 1. The minimum atomic E-state index is -0.458. The predicted molar refractivity (Wildman–Crippen MR) is 81.1 cm³/mol. The monoisotopic (exact) mass is 305 g/mol. The molecule has 1 unspecified atom stereocenters. The van der Waals surface area contributed by atoms with E-state index in [9.17, 15) is 9.18 Å². The number of amides is 1. The van der Waals surface area contributed by atoms with Crippen LogP contribution in [0.15, 0.2) is 36.9 Å². The van der Waals surface area contributed by atoms with Gasteiger partial charge in [-0.05, 0) is 31.0 Å². The first-order chi connectivity index (χ1) is 10.7. The van der Waals surface area contributed by atoms with Crippen molar-refractivity contribution in [1.29, 1.82) is 0 Å². The molecule has 0 aliphatic rings. The van der Waals surface area contributed by atoms with Gasteiger partial charge in [-0.15, -0.1) is 0 Å². The first kappa shape index (κ1) is 16.2. The van der Waals surface area contributed by atoms with Gasteiger partial charge >= 0.3 is 0 Å². The van der Waals surface area contributed by atoms with Crippen LogP contribution in [0, 0.1) is 5.82 Å². The zero-order valence-electron chi connectivity index (χ0n) is 12.8. The molecule has 1 aromatic carbocycles. The van der Waals surface area contributed by atoms with Crippen molar-refractivity contribution in [3.05, 3.63) is 48.3 Å². The third kappa shape index (κ3) is 3.92. The fraction of sp³-hybridized carbons (Fsp3) is 0.375. The Morgan fingerprint density at radius 3 is 2.86 bits per heavy atom. The minimum Gasteiger partial charge on any atom is -0.369 e. The molecule has 6 heteroatoms. The summed E-state index contributed by atoms with van der Waals surface area (Å²) < 4.78 is 21.0. The van der Waals surface area contributed by atoms with Gasteiger partial charge in [-0.3, -0.25) is 4.79 Å². The predicted octanol–water partition coefficient (Wildman–Crippen LogP) is 2.44. The number of nitrogens with one attached hydrogen (secondary N) is 1. The zero-order chi connectivity index (χ0) is 15.9. The van der Waals surface area contributed by atoms with Crippen LogP contribution in [0.4, 0.5) is 4.39 Å². The van der Waals surface area contributed by atoms with Crippen molar-refractivity contribution in [3.63, 3.8) is 0 Å². The summed E-state index contributed by atoms with van der Waals surface area (Å²) in [5, 5.41) is 2.77. The number of nitrogens with zero attached hydrogens (tertiary/aromatic N) is 2. The Hall–Kier alpha value is -2.21. The fourth-order valence-corrected chi connectivity index (χ4v) is 2.15. The summed E-state index contributed by atoms with van der Waals surface area (Å²) in [6.45, 7) is 4.49. The van der Waals surface area contributed by atoms with E-state index in [0.717, 1.165) is 0 Å². The lowest BCUT2D eigenvalue weighted by molar-refractivity contribution is -0.132. The molecule has 118 valence electrons. The van der Waals surface area contributed by atoms with Gasteiger partial charge in [-0.25, -0.2) is 9.37 Å². The minimum absolute atomic E-state index is 0.177. The van der Waals surface area contributed by atoms with E-state index in [-0.39, 0.29) is 18.3 Å². The molecule has 0 aliphatic carbocycles. The molecule has 1 aromatic heterocycles. The summed E-state index contributed by atoms with van der Waals surface area (Å²) in [6, 6.07) is 4.86. The van der Waals surface area contributed by atoms with Crippen molar-refractivity contribution >= 4 is 5.91 Å². The van der Waals surface area contributed by atoms with Crippen LogP contribution in [0.5, 0.6) is 0 Å².